The monoisotopic (exact) mass is 386 g/mol. The van der Waals surface area contributed by atoms with Crippen molar-refractivity contribution < 1.29 is 19.7 Å². The molecule has 0 aromatic heterocycles. The van der Waals surface area contributed by atoms with Crippen molar-refractivity contribution in [2.24, 2.45) is 11.7 Å². The molecular weight excluding hydrogens is 357 g/mol. The minimum Gasteiger partial charge on any atom is -0.480 e. The van der Waals surface area contributed by atoms with Crippen molar-refractivity contribution in [1.82, 2.24) is 10.2 Å². The van der Waals surface area contributed by atoms with E-state index in [9.17, 15) is 14.7 Å². The number of hydrogen-bond donors (Lipinski definition) is 4. The van der Waals surface area contributed by atoms with Crippen molar-refractivity contribution in [3.63, 3.8) is 0 Å². The zero-order valence-corrected chi connectivity index (χ0v) is 16.1. The van der Waals surface area contributed by atoms with Crippen LogP contribution in [0.5, 0.6) is 0 Å². The molecule has 28 heavy (non-hydrogen) atoms. The molecule has 1 aromatic rings. The number of fused-ring (bicyclic) bond motifs is 1. The van der Waals surface area contributed by atoms with E-state index in [4.69, 9.17) is 10.8 Å². The fourth-order valence-corrected chi connectivity index (χ4v) is 4.80. The van der Waals surface area contributed by atoms with Crippen molar-refractivity contribution in [2.75, 3.05) is 13.1 Å². The molecular formula is C20H29BN3O4. The highest BCUT2D eigenvalue weighted by Crippen LogP contribution is 2.41. The average Bonchev–Trinajstić information content (AvgIpc) is 3.27. The zero-order chi connectivity index (χ0) is 20.1. The van der Waals surface area contributed by atoms with Crippen LogP contribution in [0.3, 0.4) is 0 Å². The number of likely N-dealkylation sites (tertiary alicyclic amines) is 1. The molecule has 5 N–H and O–H groups in total. The van der Waals surface area contributed by atoms with Crippen LogP contribution in [0.15, 0.2) is 30.3 Å². The quantitative estimate of drug-likeness (QED) is 0.361. The first kappa shape index (κ1) is 20.8. The van der Waals surface area contributed by atoms with E-state index in [0.717, 1.165) is 19.5 Å². The van der Waals surface area contributed by atoms with Crippen LogP contribution < -0.4 is 11.1 Å². The van der Waals surface area contributed by atoms with Gasteiger partial charge in [-0.25, -0.2) is 0 Å². The van der Waals surface area contributed by atoms with Crippen LogP contribution in [0.4, 0.5) is 0 Å². The number of nitrogens with zero attached hydrogens (tertiary/aromatic N) is 1. The molecule has 2 aliphatic rings. The first-order valence-electron chi connectivity index (χ1n) is 10.0. The van der Waals surface area contributed by atoms with Gasteiger partial charge >= 0.3 is 5.97 Å². The summed E-state index contributed by atoms with van der Waals surface area (Å²) < 4.78 is 0. The highest BCUT2D eigenvalue weighted by Gasteiger charge is 2.58. The fraction of sp³-hybridized carbons (Fsp3) is 0.600. The number of rotatable bonds is 9. The van der Waals surface area contributed by atoms with E-state index in [1.165, 1.54) is 0 Å². The van der Waals surface area contributed by atoms with E-state index >= 15 is 0 Å². The summed E-state index contributed by atoms with van der Waals surface area (Å²) in [6, 6.07) is 8.93. The van der Waals surface area contributed by atoms with Gasteiger partial charge in [0.1, 0.15) is 5.54 Å². The van der Waals surface area contributed by atoms with Crippen LogP contribution in [0.1, 0.15) is 31.2 Å². The SMILES string of the molecule is N[C@@H](Cc1ccccc1)C(=O)N1CC[C@H]2[C@@H]1CN[C@@]2(CCCC[B]O)C(=O)O. The fourth-order valence-electron chi connectivity index (χ4n) is 4.80. The largest absolute Gasteiger partial charge is 0.480 e. The van der Waals surface area contributed by atoms with Gasteiger partial charge in [-0.15, -0.1) is 0 Å². The van der Waals surface area contributed by atoms with Crippen LogP contribution in [0.2, 0.25) is 6.32 Å². The molecule has 1 amide bonds. The summed E-state index contributed by atoms with van der Waals surface area (Å²) in [5, 5.41) is 22.0. The van der Waals surface area contributed by atoms with Gasteiger partial charge in [0, 0.05) is 25.0 Å². The summed E-state index contributed by atoms with van der Waals surface area (Å²) in [6.45, 7) is 1.03. The Labute approximate surface area is 166 Å². The highest BCUT2D eigenvalue weighted by molar-refractivity contribution is 6.25. The molecule has 1 aromatic carbocycles. The molecule has 2 saturated heterocycles. The van der Waals surface area contributed by atoms with E-state index in [0.29, 0.717) is 45.1 Å². The molecule has 0 bridgehead atoms. The van der Waals surface area contributed by atoms with Crippen LogP contribution in [-0.2, 0) is 16.0 Å². The summed E-state index contributed by atoms with van der Waals surface area (Å²) in [6.07, 6.45) is 3.65. The molecule has 8 heteroatoms. The molecule has 3 rings (SSSR count). The summed E-state index contributed by atoms with van der Waals surface area (Å²) in [5.41, 5.74) is 6.21. The van der Waals surface area contributed by atoms with Gasteiger partial charge in [0.2, 0.25) is 5.91 Å². The molecule has 2 heterocycles. The number of nitrogens with two attached hydrogens (primary N) is 1. The molecule has 0 aliphatic carbocycles. The Hall–Kier alpha value is -1.90. The highest BCUT2D eigenvalue weighted by atomic mass is 16.4. The number of unbranched alkanes of at least 4 members (excludes halogenated alkanes) is 1. The summed E-state index contributed by atoms with van der Waals surface area (Å²) >= 11 is 0. The van der Waals surface area contributed by atoms with Crippen LogP contribution in [-0.4, -0.2) is 65.1 Å². The standard InChI is InChI=1S/C20H29BN3O4/c22-16(12-14-6-2-1-3-7-14)18(25)24-11-8-15-17(24)13-23-20(15,19(26)27)9-4-5-10-21-28/h1-3,6-7,15-17,23,28H,4-5,8-13,22H2,(H,26,27)/t15-,16-,17-,20+/m0/s1. The molecule has 4 atom stereocenters. The number of carboxylic acids is 1. The van der Waals surface area contributed by atoms with Gasteiger partial charge in [-0.05, 0) is 24.8 Å². The molecule has 2 aliphatic heterocycles. The Balaban J connectivity index is 1.65. The van der Waals surface area contributed by atoms with E-state index in [-0.39, 0.29) is 17.9 Å². The lowest BCUT2D eigenvalue weighted by molar-refractivity contribution is -0.146. The Kier molecular flexibility index (Phi) is 6.75. The second-order valence-corrected chi connectivity index (χ2v) is 7.88. The zero-order valence-electron chi connectivity index (χ0n) is 16.1. The molecule has 0 saturated carbocycles. The average molecular weight is 386 g/mol. The second kappa shape index (κ2) is 9.07. The normalized spacial score (nSPS) is 27.4. The first-order valence-corrected chi connectivity index (χ1v) is 10.0. The molecule has 0 unspecified atom stereocenters. The van der Waals surface area contributed by atoms with Gasteiger partial charge in [0.15, 0.2) is 0 Å². The second-order valence-electron chi connectivity index (χ2n) is 7.88. The third-order valence-corrected chi connectivity index (χ3v) is 6.24. The van der Waals surface area contributed by atoms with Gasteiger partial charge in [-0.2, -0.15) is 0 Å². The van der Waals surface area contributed by atoms with Crippen LogP contribution >= 0.6 is 0 Å². The van der Waals surface area contributed by atoms with E-state index < -0.39 is 17.6 Å². The van der Waals surface area contributed by atoms with Crippen molar-refractivity contribution >= 4 is 19.4 Å². The minimum atomic E-state index is -1.00. The lowest BCUT2D eigenvalue weighted by atomic mass is 9.78. The number of benzene rings is 1. The van der Waals surface area contributed by atoms with Gasteiger partial charge in [0.05, 0.1) is 6.04 Å². The van der Waals surface area contributed by atoms with Crippen LogP contribution in [0, 0.1) is 5.92 Å². The number of nitrogens with one attached hydrogen (secondary N) is 1. The molecule has 1 radical (unpaired) electrons. The molecule has 151 valence electrons. The molecule has 0 spiro atoms. The lowest BCUT2D eigenvalue weighted by Crippen LogP contribution is -2.52. The topological polar surface area (TPSA) is 116 Å². The summed E-state index contributed by atoms with van der Waals surface area (Å²) in [4.78, 5) is 26.9. The van der Waals surface area contributed by atoms with E-state index in [2.05, 4.69) is 5.32 Å². The van der Waals surface area contributed by atoms with Gasteiger partial charge in [-0.1, -0.05) is 49.5 Å². The third kappa shape index (κ3) is 4.09. The smallest absolute Gasteiger partial charge is 0.324 e. The summed E-state index contributed by atoms with van der Waals surface area (Å²) in [7, 11) is 1.11. The number of aliphatic carboxylic acids is 1. The van der Waals surface area contributed by atoms with E-state index in [1.807, 2.05) is 30.3 Å². The molecule has 7 nitrogen and oxygen atoms in total. The van der Waals surface area contributed by atoms with Gasteiger partial charge in [-0.3, -0.25) is 14.9 Å². The van der Waals surface area contributed by atoms with Crippen LogP contribution in [0.25, 0.3) is 0 Å². The Morgan fingerprint density at radius 2 is 2.07 bits per heavy atom. The molecule has 2 fully saturated rings. The Bertz CT molecular complexity index is 689. The Morgan fingerprint density at radius 3 is 2.75 bits per heavy atom. The predicted molar refractivity (Wildman–Crippen MR) is 107 cm³/mol. The van der Waals surface area contributed by atoms with E-state index in [1.54, 1.807) is 4.90 Å². The van der Waals surface area contributed by atoms with Gasteiger partial charge < -0.3 is 20.8 Å². The number of carbonyl (C=O) groups is 2. The third-order valence-electron chi connectivity index (χ3n) is 6.24. The predicted octanol–water partition coefficient (Wildman–Crippen LogP) is 0.400. The minimum absolute atomic E-state index is 0.103. The maximum absolute atomic E-state index is 13.0. The lowest BCUT2D eigenvalue weighted by Gasteiger charge is -2.31. The maximum Gasteiger partial charge on any atom is 0.324 e. The van der Waals surface area contributed by atoms with Gasteiger partial charge in [0.25, 0.3) is 7.48 Å². The van der Waals surface area contributed by atoms with Crippen molar-refractivity contribution in [3.05, 3.63) is 35.9 Å². The number of carboxylic acid groups (broad SMARTS) is 1. The Morgan fingerprint density at radius 1 is 1.32 bits per heavy atom. The van der Waals surface area contributed by atoms with Crippen molar-refractivity contribution in [1.29, 1.82) is 0 Å². The van der Waals surface area contributed by atoms with Crippen molar-refractivity contribution in [3.8, 4) is 0 Å². The number of hydrogen-bond acceptors (Lipinski definition) is 5. The first-order chi connectivity index (χ1) is 13.5. The number of amides is 1. The summed E-state index contributed by atoms with van der Waals surface area (Å²) in [5.74, 6) is -1.07. The van der Waals surface area contributed by atoms with Crippen molar-refractivity contribution in [2.45, 2.75) is 56.0 Å². The number of carbonyl (C=O) groups excluding carboxylic acids is 1. The maximum atomic E-state index is 13.0.